The maximum atomic E-state index is 10.0. The van der Waals surface area contributed by atoms with E-state index in [2.05, 4.69) is 6.92 Å². The largest absolute Gasteiger partial charge is 0.498 e. The normalized spacial score (nSPS) is 15.6. The van der Waals surface area contributed by atoms with Crippen LogP contribution in [0.5, 0.6) is 0 Å². The molecule has 0 saturated heterocycles. The van der Waals surface area contributed by atoms with Crippen LogP contribution in [0.2, 0.25) is 0 Å². The van der Waals surface area contributed by atoms with E-state index in [0.29, 0.717) is 6.61 Å². The Labute approximate surface area is 94.3 Å². The van der Waals surface area contributed by atoms with Gasteiger partial charge in [-0.05, 0) is 18.9 Å². The zero-order valence-electron chi connectivity index (χ0n) is 11.0. The molecule has 90 valence electrons. The van der Waals surface area contributed by atoms with Crippen LogP contribution in [0.15, 0.2) is 11.8 Å². The van der Waals surface area contributed by atoms with Crippen LogP contribution in [0.3, 0.4) is 0 Å². The first-order valence-electron chi connectivity index (χ1n) is 5.81. The second kappa shape index (κ2) is 6.16. The maximum absolute atomic E-state index is 10.0. The molecule has 0 rings (SSSR count). The standard InChI is InChI=1S/C13H26O2/c1-7-11(8-2)15-9-13(5,6)12(14)10(3)4/h7,10,12,14H,8-9H2,1-6H3. The third-order valence-corrected chi connectivity index (χ3v) is 2.73. The van der Waals surface area contributed by atoms with Crippen LogP contribution in [-0.2, 0) is 4.74 Å². The van der Waals surface area contributed by atoms with Gasteiger partial charge in [-0.15, -0.1) is 0 Å². The van der Waals surface area contributed by atoms with Gasteiger partial charge in [0.2, 0.25) is 0 Å². The predicted octanol–water partition coefficient (Wildman–Crippen LogP) is 3.36. The summed E-state index contributed by atoms with van der Waals surface area (Å²) in [5.74, 6) is 1.26. The van der Waals surface area contributed by atoms with E-state index in [-0.39, 0.29) is 17.4 Å². The van der Waals surface area contributed by atoms with Gasteiger partial charge in [-0.25, -0.2) is 0 Å². The zero-order chi connectivity index (χ0) is 12.1. The summed E-state index contributed by atoms with van der Waals surface area (Å²) < 4.78 is 5.68. The molecule has 0 aromatic rings. The molecule has 0 amide bonds. The predicted molar refractivity (Wildman–Crippen MR) is 64.6 cm³/mol. The average molecular weight is 214 g/mol. The van der Waals surface area contributed by atoms with Crippen LogP contribution in [-0.4, -0.2) is 17.8 Å². The lowest BCUT2D eigenvalue weighted by molar-refractivity contribution is -0.0302. The Kier molecular flexibility index (Phi) is 5.96. The van der Waals surface area contributed by atoms with Crippen molar-refractivity contribution in [3.63, 3.8) is 0 Å². The van der Waals surface area contributed by atoms with E-state index in [1.54, 1.807) is 0 Å². The van der Waals surface area contributed by atoms with Crippen molar-refractivity contribution in [3.05, 3.63) is 11.8 Å². The number of aliphatic hydroxyl groups excluding tert-OH is 1. The highest BCUT2D eigenvalue weighted by atomic mass is 16.5. The van der Waals surface area contributed by atoms with E-state index >= 15 is 0 Å². The lowest BCUT2D eigenvalue weighted by atomic mass is 9.81. The molecule has 0 aliphatic carbocycles. The Balaban J connectivity index is 4.26. The topological polar surface area (TPSA) is 29.5 Å². The van der Waals surface area contributed by atoms with E-state index in [0.717, 1.165) is 12.2 Å². The molecule has 15 heavy (non-hydrogen) atoms. The molecule has 0 spiro atoms. The Morgan fingerprint density at radius 2 is 1.93 bits per heavy atom. The zero-order valence-corrected chi connectivity index (χ0v) is 11.0. The molecular formula is C13H26O2. The van der Waals surface area contributed by atoms with Gasteiger partial charge < -0.3 is 9.84 Å². The lowest BCUT2D eigenvalue weighted by Gasteiger charge is -2.33. The fraction of sp³-hybridized carbons (Fsp3) is 0.846. The summed E-state index contributed by atoms with van der Waals surface area (Å²) in [7, 11) is 0. The molecule has 0 aliphatic rings. The van der Waals surface area contributed by atoms with E-state index < -0.39 is 0 Å². The molecule has 2 nitrogen and oxygen atoms in total. The quantitative estimate of drug-likeness (QED) is 0.687. The number of ether oxygens (including phenoxy) is 1. The van der Waals surface area contributed by atoms with Crippen molar-refractivity contribution in [3.8, 4) is 0 Å². The Bertz CT molecular complexity index is 205. The van der Waals surface area contributed by atoms with Crippen LogP contribution in [0.25, 0.3) is 0 Å². The molecule has 2 heteroatoms. The summed E-state index contributed by atoms with van der Waals surface area (Å²) in [6.07, 6.45) is 2.56. The van der Waals surface area contributed by atoms with Crippen molar-refractivity contribution in [1.29, 1.82) is 0 Å². The first-order chi connectivity index (χ1) is 6.85. The Morgan fingerprint density at radius 3 is 2.27 bits per heavy atom. The summed E-state index contributed by atoms with van der Waals surface area (Å²) in [5.41, 5.74) is -0.197. The van der Waals surface area contributed by atoms with Crippen LogP contribution < -0.4 is 0 Å². The molecule has 0 saturated carbocycles. The van der Waals surface area contributed by atoms with E-state index in [1.165, 1.54) is 0 Å². The molecule has 0 bridgehead atoms. The van der Waals surface area contributed by atoms with Gasteiger partial charge in [0.15, 0.2) is 0 Å². The molecular weight excluding hydrogens is 188 g/mol. The van der Waals surface area contributed by atoms with Gasteiger partial charge in [0, 0.05) is 11.8 Å². The Morgan fingerprint density at radius 1 is 1.40 bits per heavy atom. The van der Waals surface area contributed by atoms with Crippen LogP contribution in [0.4, 0.5) is 0 Å². The maximum Gasteiger partial charge on any atom is 0.0952 e. The fourth-order valence-electron chi connectivity index (χ4n) is 1.66. The van der Waals surface area contributed by atoms with Crippen molar-refractivity contribution in [2.45, 2.75) is 54.1 Å². The van der Waals surface area contributed by atoms with Crippen LogP contribution >= 0.6 is 0 Å². The highest BCUT2D eigenvalue weighted by Crippen LogP contribution is 2.27. The van der Waals surface area contributed by atoms with Gasteiger partial charge in [0.25, 0.3) is 0 Å². The van der Waals surface area contributed by atoms with Crippen molar-refractivity contribution in [1.82, 2.24) is 0 Å². The highest BCUT2D eigenvalue weighted by molar-refractivity contribution is 4.90. The molecule has 1 unspecified atom stereocenters. The molecule has 0 heterocycles. The SMILES string of the molecule is CC=C(CC)OCC(C)(C)C(O)C(C)C. The smallest absolute Gasteiger partial charge is 0.0952 e. The van der Waals surface area contributed by atoms with Crippen LogP contribution in [0, 0.1) is 11.3 Å². The number of hydrogen-bond donors (Lipinski definition) is 1. The minimum absolute atomic E-state index is 0.197. The summed E-state index contributed by atoms with van der Waals surface area (Å²) in [6, 6.07) is 0. The molecule has 0 aliphatic heterocycles. The average Bonchev–Trinajstić information content (AvgIpc) is 2.18. The van der Waals surface area contributed by atoms with E-state index in [1.807, 2.05) is 40.7 Å². The van der Waals surface area contributed by atoms with Crippen molar-refractivity contribution < 1.29 is 9.84 Å². The highest BCUT2D eigenvalue weighted by Gasteiger charge is 2.31. The Hall–Kier alpha value is -0.500. The van der Waals surface area contributed by atoms with Crippen LogP contribution in [0.1, 0.15) is 48.0 Å². The third kappa shape index (κ3) is 4.70. The molecule has 0 aromatic carbocycles. The fourth-order valence-corrected chi connectivity index (χ4v) is 1.66. The van der Waals surface area contributed by atoms with Gasteiger partial charge in [-0.2, -0.15) is 0 Å². The third-order valence-electron chi connectivity index (χ3n) is 2.73. The second-order valence-electron chi connectivity index (χ2n) is 5.07. The first kappa shape index (κ1) is 14.5. The first-order valence-corrected chi connectivity index (χ1v) is 5.81. The molecule has 1 N–H and O–H groups in total. The number of rotatable bonds is 6. The number of hydrogen-bond acceptors (Lipinski definition) is 2. The van der Waals surface area contributed by atoms with Crippen molar-refractivity contribution >= 4 is 0 Å². The van der Waals surface area contributed by atoms with Gasteiger partial charge in [0.1, 0.15) is 0 Å². The molecule has 0 fully saturated rings. The summed E-state index contributed by atoms with van der Waals surface area (Å²) in [6.45, 7) is 12.8. The van der Waals surface area contributed by atoms with Gasteiger partial charge in [-0.3, -0.25) is 0 Å². The minimum Gasteiger partial charge on any atom is -0.498 e. The van der Waals surface area contributed by atoms with Gasteiger partial charge >= 0.3 is 0 Å². The summed E-state index contributed by atoms with van der Waals surface area (Å²) in [5, 5.41) is 10.0. The summed E-state index contributed by atoms with van der Waals surface area (Å²) in [4.78, 5) is 0. The van der Waals surface area contributed by atoms with Gasteiger partial charge in [-0.1, -0.05) is 34.6 Å². The molecule has 1 atom stereocenters. The molecule has 0 radical (unpaired) electrons. The van der Waals surface area contributed by atoms with E-state index in [9.17, 15) is 5.11 Å². The second-order valence-corrected chi connectivity index (χ2v) is 5.07. The lowest BCUT2D eigenvalue weighted by Crippen LogP contribution is -2.37. The monoisotopic (exact) mass is 214 g/mol. The minimum atomic E-state index is -0.326. The van der Waals surface area contributed by atoms with Crippen molar-refractivity contribution in [2.24, 2.45) is 11.3 Å². The number of aliphatic hydroxyl groups is 1. The van der Waals surface area contributed by atoms with E-state index in [4.69, 9.17) is 4.74 Å². The number of allylic oxidation sites excluding steroid dienone is 2. The molecule has 0 aromatic heterocycles. The van der Waals surface area contributed by atoms with Crippen molar-refractivity contribution in [2.75, 3.05) is 6.61 Å². The van der Waals surface area contributed by atoms with Gasteiger partial charge in [0.05, 0.1) is 18.5 Å². The summed E-state index contributed by atoms with van der Waals surface area (Å²) >= 11 is 0.